The molecule has 0 saturated carbocycles. The van der Waals surface area contributed by atoms with Crippen molar-refractivity contribution in [3.8, 4) is 0 Å². The summed E-state index contributed by atoms with van der Waals surface area (Å²) in [6.45, 7) is 5.67. The van der Waals surface area contributed by atoms with E-state index in [-0.39, 0.29) is 0 Å². The van der Waals surface area contributed by atoms with Gasteiger partial charge in [-0.05, 0) is 28.1 Å². The van der Waals surface area contributed by atoms with Crippen molar-refractivity contribution in [2.45, 2.75) is 19.0 Å². The summed E-state index contributed by atoms with van der Waals surface area (Å²) in [5, 5.41) is 3.45. The second kappa shape index (κ2) is 4.21. The maximum absolute atomic E-state index is 3.45. The molecule has 1 heterocycles. The molecule has 1 rings (SSSR count). The molecule has 72 valence electrons. The van der Waals surface area contributed by atoms with Gasteiger partial charge < -0.3 is 10.2 Å². The fraction of sp³-hybridized carbons (Fsp3) is 1.00. The van der Waals surface area contributed by atoms with Gasteiger partial charge >= 0.3 is 0 Å². The van der Waals surface area contributed by atoms with Gasteiger partial charge in [0.05, 0.1) is 0 Å². The van der Waals surface area contributed by atoms with E-state index < -0.39 is 0 Å². The lowest BCUT2D eigenvalue weighted by Gasteiger charge is -2.39. The Kier molecular flexibility index (Phi) is 3.50. The first-order valence-electron chi connectivity index (χ1n) is 4.68. The summed E-state index contributed by atoms with van der Waals surface area (Å²) >= 11 is 0. The minimum atomic E-state index is 0.670. The van der Waals surface area contributed by atoms with Crippen LogP contribution in [0.25, 0.3) is 0 Å². The molecular weight excluding hydrogens is 150 g/mol. The Morgan fingerprint density at radius 2 is 2.08 bits per heavy atom. The Balaban J connectivity index is 2.41. The monoisotopic (exact) mass is 171 g/mol. The van der Waals surface area contributed by atoms with Crippen LogP contribution in [0.5, 0.6) is 0 Å². The third kappa shape index (κ3) is 2.44. The first-order valence-corrected chi connectivity index (χ1v) is 4.68. The number of nitrogens with one attached hydrogen (secondary N) is 1. The Bertz CT molecular complexity index is 136. The highest BCUT2D eigenvalue weighted by molar-refractivity contribution is 4.83. The molecule has 3 nitrogen and oxygen atoms in total. The predicted octanol–water partition coefficient (Wildman–Crippen LogP) is -0.160. The van der Waals surface area contributed by atoms with Gasteiger partial charge in [0.25, 0.3) is 0 Å². The van der Waals surface area contributed by atoms with Crippen LogP contribution in [0, 0.1) is 0 Å². The quantitative estimate of drug-likeness (QED) is 0.623. The number of nitrogens with zero attached hydrogens (tertiary/aromatic N) is 2. The number of hydrogen-bond acceptors (Lipinski definition) is 3. The third-order valence-corrected chi connectivity index (χ3v) is 2.67. The van der Waals surface area contributed by atoms with E-state index in [1.54, 1.807) is 0 Å². The second-order valence-electron chi connectivity index (χ2n) is 4.09. The van der Waals surface area contributed by atoms with Gasteiger partial charge in [0.1, 0.15) is 0 Å². The van der Waals surface area contributed by atoms with Crippen LogP contribution in [-0.2, 0) is 0 Å². The molecule has 0 aliphatic carbocycles. The van der Waals surface area contributed by atoms with E-state index in [0.717, 1.165) is 19.6 Å². The largest absolute Gasteiger partial charge is 0.314 e. The number of hydrogen-bond donors (Lipinski definition) is 1. The maximum atomic E-state index is 3.45. The maximum Gasteiger partial charge on any atom is 0.0347 e. The molecule has 0 amide bonds. The Labute approximate surface area is 75.7 Å². The van der Waals surface area contributed by atoms with E-state index >= 15 is 0 Å². The zero-order valence-corrected chi connectivity index (χ0v) is 8.67. The molecule has 1 fully saturated rings. The molecule has 0 spiro atoms. The van der Waals surface area contributed by atoms with Crippen molar-refractivity contribution in [3.63, 3.8) is 0 Å². The zero-order chi connectivity index (χ0) is 9.14. The Morgan fingerprint density at radius 1 is 1.42 bits per heavy atom. The summed E-state index contributed by atoms with van der Waals surface area (Å²) in [5.74, 6) is 0. The van der Waals surface area contributed by atoms with Crippen LogP contribution in [0.4, 0.5) is 0 Å². The van der Waals surface area contributed by atoms with E-state index in [0.29, 0.717) is 12.1 Å². The van der Waals surface area contributed by atoms with Gasteiger partial charge in [-0.2, -0.15) is 0 Å². The molecule has 3 heteroatoms. The standard InChI is InChI=1S/C9H21N3/c1-8-5-10-6-9(12(8)4)7-11(2)3/h8-10H,5-7H2,1-4H3. The third-order valence-electron chi connectivity index (χ3n) is 2.67. The lowest BCUT2D eigenvalue weighted by Crippen LogP contribution is -2.57. The van der Waals surface area contributed by atoms with Crippen LogP contribution in [0.3, 0.4) is 0 Å². The first kappa shape index (κ1) is 9.96. The summed E-state index contributed by atoms with van der Waals surface area (Å²) in [7, 11) is 6.49. The highest BCUT2D eigenvalue weighted by Crippen LogP contribution is 2.06. The number of piperazine rings is 1. The van der Waals surface area contributed by atoms with Gasteiger partial charge in [-0.25, -0.2) is 0 Å². The first-order chi connectivity index (χ1) is 5.61. The highest BCUT2D eigenvalue weighted by atomic mass is 15.3. The van der Waals surface area contributed by atoms with Crippen molar-refractivity contribution >= 4 is 0 Å². The summed E-state index contributed by atoms with van der Waals surface area (Å²) < 4.78 is 0. The van der Waals surface area contributed by atoms with Gasteiger partial charge in [0, 0.05) is 31.7 Å². The smallest absolute Gasteiger partial charge is 0.0347 e. The van der Waals surface area contributed by atoms with Crippen molar-refractivity contribution in [3.05, 3.63) is 0 Å². The molecule has 12 heavy (non-hydrogen) atoms. The summed E-state index contributed by atoms with van der Waals surface area (Å²) in [6.07, 6.45) is 0. The molecule has 1 N–H and O–H groups in total. The van der Waals surface area contributed by atoms with Gasteiger partial charge in [0.2, 0.25) is 0 Å². The lowest BCUT2D eigenvalue weighted by atomic mass is 10.1. The topological polar surface area (TPSA) is 18.5 Å². The Hall–Kier alpha value is -0.120. The fourth-order valence-corrected chi connectivity index (χ4v) is 1.72. The van der Waals surface area contributed by atoms with Crippen LogP contribution in [0.15, 0.2) is 0 Å². The van der Waals surface area contributed by atoms with Crippen molar-refractivity contribution < 1.29 is 0 Å². The Morgan fingerprint density at radius 3 is 2.67 bits per heavy atom. The molecule has 0 radical (unpaired) electrons. The van der Waals surface area contributed by atoms with E-state index in [1.807, 2.05) is 0 Å². The number of likely N-dealkylation sites (N-methyl/N-ethyl adjacent to an activating group) is 2. The second-order valence-corrected chi connectivity index (χ2v) is 4.09. The van der Waals surface area contributed by atoms with E-state index in [9.17, 15) is 0 Å². The molecule has 0 aromatic rings. The summed E-state index contributed by atoms with van der Waals surface area (Å²) in [6, 6.07) is 1.34. The van der Waals surface area contributed by atoms with Crippen molar-refractivity contribution in [2.75, 3.05) is 40.8 Å². The average molecular weight is 171 g/mol. The zero-order valence-electron chi connectivity index (χ0n) is 8.67. The van der Waals surface area contributed by atoms with Crippen LogP contribution in [0.2, 0.25) is 0 Å². The minimum absolute atomic E-state index is 0.670. The van der Waals surface area contributed by atoms with E-state index in [4.69, 9.17) is 0 Å². The van der Waals surface area contributed by atoms with Crippen LogP contribution >= 0.6 is 0 Å². The molecule has 1 saturated heterocycles. The van der Waals surface area contributed by atoms with Crippen molar-refractivity contribution in [1.82, 2.24) is 15.1 Å². The molecule has 1 aliphatic rings. The summed E-state index contributed by atoms with van der Waals surface area (Å²) in [5.41, 5.74) is 0. The van der Waals surface area contributed by atoms with E-state index in [2.05, 4.69) is 43.2 Å². The number of rotatable bonds is 2. The van der Waals surface area contributed by atoms with Crippen molar-refractivity contribution in [2.24, 2.45) is 0 Å². The molecule has 0 aromatic carbocycles. The fourth-order valence-electron chi connectivity index (χ4n) is 1.72. The van der Waals surface area contributed by atoms with Crippen LogP contribution in [-0.4, -0.2) is 62.7 Å². The van der Waals surface area contributed by atoms with Crippen LogP contribution < -0.4 is 5.32 Å². The molecule has 2 unspecified atom stereocenters. The van der Waals surface area contributed by atoms with Crippen molar-refractivity contribution in [1.29, 1.82) is 0 Å². The molecule has 1 aliphatic heterocycles. The SMILES string of the molecule is CC1CNCC(CN(C)C)N1C. The highest BCUT2D eigenvalue weighted by Gasteiger charge is 2.23. The molecular formula is C9H21N3. The summed E-state index contributed by atoms with van der Waals surface area (Å²) in [4.78, 5) is 4.72. The lowest BCUT2D eigenvalue weighted by molar-refractivity contribution is 0.117. The average Bonchev–Trinajstić information content (AvgIpc) is 1.98. The van der Waals surface area contributed by atoms with Crippen LogP contribution in [0.1, 0.15) is 6.92 Å². The molecule has 0 bridgehead atoms. The predicted molar refractivity (Wildman–Crippen MR) is 52.4 cm³/mol. The van der Waals surface area contributed by atoms with E-state index in [1.165, 1.54) is 0 Å². The minimum Gasteiger partial charge on any atom is -0.314 e. The normalized spacial score (nSPS) is 32.8. The molecule has 0 aromatic heterocycles. The van der Waals surface area contributed by atoms with Gasteiger partial charge in [-0.15, -0.1) is 0 Å². The molecule has 2 atom stereocenters. The van der Waals surface area contributed by atoms with Gasteiger partial charge in [-0.1, -0.05) is 0 Å². The van der Waals surface area contributed by atoms with Gasteiger partial charge in [0.15, 0.2) is 0 Å². The van der Waals surface area contributed by atoms with Gasteiger partial charge in [-0.3, -0.25) is 4.90 Å².